The van der Waals surface area contributed by atoms with Gasteiger partial charge < -0.3 is 9.84 Å². The highest BCUT2D eigenvalue weighted by atomic mass is 32.2. The highest BCUT2D eigenvalue weighted by molar-refractivity contribution is 7.90. The third kappa shape index (κ3) is 6.35. The van der Waals surface area contributed by atoms with Crippen LogP contribution in [0.25, 0.3) is 6.08 Å². The van der Waals surface area contributed by atoms with Gasteiger partial charge in [0.1, 0.15) is 9.84 Å². The normalized spacial score (nSPS) is 11.8. The van der Waals surface area contributed by atoms with Crippen LogP contribution < -0.4 is 4.74 Å². The van der Waals surface area contributed by atoms with Crippen molar-refractivity contribution in [1.29, 1.82) is 0 Å². The summed E-state index contributed by atoms with van der Waals surface area (Å²) < 4.78 is 53.9. The zero-order valence-corrected chi connectivity index (χ0v) is 12.0. The fourth-order valence-electron chi connectivity index (χ4n) is 1.48. The minimum Gasteiger partial charge on any atom is -0.488 e. The molecule has 0 bridgehead atoms. The molecule has 0 spiro atoms. The number of hydrogen-bond donors (Lipinski definition) is 1. The number of carboxylic acid groups (broad SMARTS) is 1. The lowest BCUT2D eigenvalue weighted by molar-refractivity contribution is -0.131. The number of carboxylic acids is 1. The maximum atomic E-state index is 13.6. The molecule has 1 aromatic carbocycles. The maximum Gasteiger partial charge on any atom is 0.328 e. The van der Waals surface area contributed by atoms with E-state index in [2.05, 4.69) is 0 Å². The van der Waals surface area contributed by atoms with Crippen molar-refractivity contribution in [3.8, 4) is 5.75 Å². The van der Waals surface area contributed by atoms with Crippen LogP contribution in [0.5, 0.6) is 5.75 Å². The topological polar surface area (TPSA) is 80.7 Å². The molecule has 0 amide bonds. The SMILES string of the molecule is CS(=O)(=O)CCCOc1c(F)cc(/C=C/C(=O)O)cc1F. The van der Waals surface area contributed by atoms with Crippen LogP contribution in [0.15, 0.2) is 18.2 Å². The Labute approximate surface area is 120 Å². The highest BCUT2D eigenvalue weighted by Gasteiger charge is 2.12. The first-order valence-corrected chi connectivity index (χ1v) is 7.95. The number of sulfone groups is 1. The number of rotatable bonds is 7. The Morgan fingerprint density at radius 2 is 1.90 bits per heavy atom. The van der Waals surface area contributed by atoms with Gasteiger partial charge >= 0.3 is 5.97 Å². The van der Waals surface area contributed by atoms with Gasteiger partial charge in [-0.2, -0.15) is 0 Å². The quantitative estimate of drug-likeness (QED) is 0.613. The third-order valence-electron chi connectivity index (χ3n) is 2.34. The van der Waals surface area contributed by atoms with Gasteiger partial charge in [-0.05, 0) is 30.2 Å². The summed E-state index contributed by atoms with van der Waals surface area (Å²) >= 11 is 0. The second kappa shape index (κ2) is 7.16. The van der Waals surface area contributed by atoms with Crippen molar-refractivity contribution in [2.75, 3.05) is 18.6 Å². The van der Waals surface area contributed by atoms with Gasteiger partial charge in [0.2, 0.25) is 0 Å². The molecule has 116 valence electrons. The largest absolute Gasteiger partial charge is 0.488 e. The molecule has 0 radical (unpaired) electrons. The molecule has 21 heavy (non-hydrogen) atoms. The molecule has 1 rings (SSSR count). The Balaban J connectivity index is 2.74. The average molecular weight is 320 g/mol. The van der Waals surface area contributed by atoms with E-state index in [1.807, 2.05) is 0 Å². The van der Waals surface area contributed by atoms with Gasteiger partial charge in [-0.3, -0.25) is 0 Å². The summed E-state index contributed by atoms with van der Waals surface area (Å²) in [5, 5.41) is 8.43. The summed E-state index contributed by atoms with van der Waals surface area (Å²) in [5.74, 6) is -3.97. The molecule has 0 unspecified atom stereocenters. The summed E-state index contributed by atoms with van der Waals surface area (Å²) in [4.78, 5) is 10.3. The van der Waals surface area contributed by atoms with Gasteiger partial charge in [-0.1, -0.05) is 0 Å². The van der Waals surface area contributed by atoms with E-state index < -0.39 is 33.2 Å². The Hall–Kier alpha value is -1.96. The second-order valence-corrected chi connectivity index (χ2v) is 6.58. The molecule has 0 saturated heterocycles. The average Bonchev–Trinajstić information content (AvgIpc) is 2.33. The number of halogens is 2. The summed E-state index contributed by atoms with van der Waals surface area (Å²) in [6.45, 7) is -0.148. The number of ether oxygens (including phenoxy) is 1. The van der Waals surface area contributed by atoms with Crippen molar-refractivity contribution in [2.45, 2.75) is 6.42 Å². The first-order valence-electron chi connectivity index (χ1n) is 5.89. The summed E-state index contributed by atoms with van der Waals surface area (Å²) in [6, 6.07) is 1.85. The van der Waals surface area contributed by atoms with Gasteiger partial charge in [0.05, 0.1) is 12.4 Å². The van der Waals surface area contributed by atoms with Gasteiger partial charge in [0.15, 0.2) is 17.4 Å². The van der Waals surface area contributed by atoms with Crippen molar-refractivity contribution in [3.05, 3.63) is 35.4 Å². The maximum absolute atomic E-state index is 13.6. The Morgan fingerprint density at radius 1 is 1.33 bits per heavy atom. The predicted molar refractivity (Wildman–Crippen MR) is 72.9 cm³/mol. The van der Waals surface area contributed by atoms with Gasteiger partial charge in [0.25, 0.3) is 0 Å². The van der Waals surface area contributed by atoms with Crippen LogP contribution in [0.3, 0.4) is 0 Å². The minimum atomic E-state index is -3.15. The van der Waals surface area contributed by atoms with E-state index in [4.69, 9.17) is 9.84 Å². The Kier molecular flexibility index (Phi) is 5.83. The predicted octanol–water partition coefficient (Wildman–Crippen LogP) is 1.88. The molecule has 0 saturated carbocycles. The molecule has 0 atom stereocenters. The van der Waals surface area contributed by atoms with E-state index in [1.165, 1.54) is 0 Å². The van der Waals surface area contributed by atoms with E-state index in [0.29, 0.717) is 0 Å². The van der Waals surface area contributed by atoms with Crippen molar-refractivity contribution >= 4 is 21.9 Å². The molecule has 0 fully saturated rings. The lowest BCUT2D eigenvalue weighted by Crippen LogP contribution is -2.09. The van der Waals surface area contributed by atoms with Gasteiger partial charge in [-0.25, -0.2) is 22.0 Å². The number of aliphatic carboxylic acids is 1. The van der Waals surface area contributed by atoms with E-state index in [1.54, 1.807) is 0 Å². The molecule has 0 aliphatic rings. The van der Waals surface area contributed by atoms with Crippen molar-refractivity contribution in [2.24, 2.45) is 0 Å². The van der Waals surface area contributed by atoms with Crippen LogP contribution in [-0.4, -0.2) is 38.1 Å². The highest BCUT2D eigenvalue weighted by Crippen LogP contribution is 2.24. The smallest absolute Gasteiger partial charge is 0.328 e. The third-order valence-corrected chi connectivity index (χ3v) is 3.38. The first-order chi connectivity index (χ1) is 9.69. The van der Waals surface area contributed by atoms with Crippen molar-refractivity contribution in [3.63, 3.8) is 0 Å². The van der Waals surface area contributed by atoms with E-state index in [9.17, 15) is 22.0 Å². The molecular formula is C13H14F2O5S. The lowest BCUT2D eigenvalue weighted by Gasteiger charge is -2.08. The second-order valence-electron chi connectivity index (χ2n) is 4.32. The summed E-state index contributed by atoms with van der Waals surface area (Å²) in [7, 11) is -3.15. The molecular weight excluding hydrogens is 306 g/mol. The Bertz CT molecular complexity index is 630. The van der Waals surface area contributed by atoms with E-state index >= 15 is 0 Å². The fourth-order valence-corrected chi connectivity index (χ4v) is 2.12. The molecule has 8 heteroatoms. The zero-order chi connectivity index (χ0) is 16.0. The standard InChI is InChI=1S/C13H14F2O5S/c1-21(18,19)6-2-5-20-13-10(14)7-9(8-11(13)15)3-4-12(16)17/h3-4,7-8H,2,5-6H2,1H3,(H,16,17)/b4-3+. The van der Waals surface area contributed by atoms with E-state index in [0.717, 1.165) is 30.5 Å². The number of carbonyl (C=O) groups is 1. The van der Waals surface area contributed by atoms with Crippen molar-refractivity contribution in [1.82, 2.24) is 0 Å². The molecule has 0 aromatic heterocycles. The Morgan fingerprint density at radius 3 is 2.38 bits per heavy atom. The van der Waals surface area contributed by atoms with Crippen molar-refractivity contribution < 1.29 is 31.8 Å². The minimum absolute atomic E-state index is 0.0379. The molecule has 1 aromatic rings. The first kappa shape index (κ1) is 17.1. The number of hydrogen-bond acceptors (Lipinski definition) is 4. The van der Waals surface area contributed by atoms with Crippen LogP contribution in [-0.2, 0) is 14.6 Å². The molecule has 0 aliphatic heterocycles. The van der Waals surface area contributed by atoms with Crippen LogP contribution in [0.1, 0.15) is 12.0 Å². The van der Waals surface area contributed by atoms with Crippen LogP contribution >= 0.6 is 0 Å². The molecule has 0 aliphatic carbocycles. The van der Waals surface area contributed by atoms with Gasteiger partial charge in [-0.15, -0.1) is 0 Å². The summed E-state index contributed by atoms with van der Waals surface area (Å²) in [5.41, 5.74) is 0.0379. The lowest BCUT2D eigenvalue weighted by atomic mass is 10.2. The number of benzene rings is 1. The van der Waals surface area contributed by atoms with Crippen LogP contribution in [0.2, 0.25) is 0 Å². The fraction of sp³-hybridized carbons (Fsp3) is 0.308. The molecule has 0 heterocycles. The van der Waals surface area contributed by atoms with Crippen LogP contribution in [0.4, 0.5) is 8.78 Å². The molecule has 5 nitrogen and oxygen atoms in total. The summed E-state index contributed by atoms with van der Waals surface area (Å²) in [6.07, 6.45) is 2.96. The van der Waals surface area contributed by atoms with Gasteiger partial charge in [0, 0.05) is 12.3 Å². The zero-order valence-electron chi connectivity index (χ0n) is 11.2. The molecule has 1 N–H and O–H groups in total. The monoisotopic (exact) mass is 320 g/mol. The van der Waals surface area contributed by atoms with Crippen LogP contribution in [0, 0.1) is 11.6 Å². The van der Waals surface area contributed by atoms with E-state index in [-0.39, 0.29) is 24.3 Å².